The highest BCUT2D eigenvalue weighted by molar-refractivity contribution is 7.90. The van der Waals surface area contributed by atoms with Crippen LogP contribution in [0.2, 0.25) is 0 Å². The lowest BCUT2D eigenvalue weighted by Crippen LogP contribution is -2.25. The number of rotatable bonds is 7. The second-order valence-electron chi connectivity index (χ2n) is 10.2. The van der Waals surface area contributed by atoms with Crippen LogP contribution in [-0.2, 0) is 16.4 Å². The van der Waals surface area contributed by atoms with Crippen molar-refractivity contribution in [1.82, 2.24) is 4.98 Å². The number of aromatic nitrogens is 1. The number of aryl methyl sites for hydroxylation is 1. The summed E-state index contributed by atoms with van der Waals surface area (Å²) in [6.45, 7) is 1.87. The minimum atomic E-state index is -4.82. The van der Waals surface area contributed by atoms with E-state index in [2.05, 4.69) is 19.5 Å². The molecule has 1 aliphatic rings. The summed E-state index contributed by atoms with van der Waals surface area (Å²) in [6, 6.07) is 10.2. The number of aliphatic imine (C=N–C) groups is 1. The van der Waals surface area contributed by atoms with E-state index in [0.717, 1.165) is 18.4 Å². The van der Waals surface area contributed by atoms with Gasteiger partial charge in [0, 0.05) is 35.6 Å². The second-order valence-corrected chi connectivity index (χ2v) is 12.2. The Bertz CT molecular complexity index is 2040. The fourth-order valence-electron chi connectivity index (χ4n) is 4.69. The number of aliphatic hydroxyl groups excluding tert-OH is 1. The normalized spacial score (nSPS) is 15.0. The number of nitrogens with zero attached hydrogens (tertiary/aromatic N) is 2. The minimum absolute atomic E-state index is 0.0225. The van der Waals surface area contributed by atoms with Crippen LogP contribution in [0.4, 0.5) is 32.0 Å². The van der Waals surface area contributed by atoms with Crippen LogP contribution in [0.25, 0.3) is 33.7 Å². The maximum absolute atomic E-state index is 15.0. The van der Waals surface area contributed by atoms with Gasteiger partial charge in [-0.1, -0.05) is 6.07 Å². The molecule has 1 aliphatic heterocycles. The van der Waals surface area contributed by atoms with E-state index in [0.29, 0.717) is 6.08 Å². The van der Waals surface area contributed by atoms with Gasteiger partial charge in [0.2, 0.25) is 0 Å². The Kier molecular flexibility index (Phi) is 8.15. The number of nitrogens with two attached hydrogens (primary N) is 1. The monoisotopic (exact) mass is 667 g/mol. The number of ether oxygens (including phenoxy) is 2. The number of hydrogen-bond acceptors (Lipinski definition) is 9. The molecule has 0 saturated heterocycles. The summed E-state index contributed by atoms with van der Waals surface area (Å²) in [5.74, 6) is -1.41. The van der Waals surface area contributed by atoms with Gasteiger partial charge in [0.15, 0.2) is 33.0 Å². The van der Waals surface area contributed by atoms with Crippen LogP contribution in [0.1, 0.15) is 18.4 Å². The molecule has 0 unspecified atom stereocenters. The highest BCUT2D eigenvalue weighted by Gasteiger charge is 2.43. The van der Waals surface area contributed by atoms with Crippen LogP contribution in [0.3, 0.4) is 0 Å². The quantitative estimate of drug-likeness (QED) is 0.162. The van der Waals surface area contributed by atoms with Gasteiger partial charge in [0.05, 0.1) is 17.2 Å². The molecule has 16 heteroatoms. The average Bonchev–Trinajstić information content (AvgIpc) is 3.48. The van der Waals surface area contributed by atoms with Gasteiger partial charge in [-0.05, 0) is 66.6 Å². The van der Waals surface area contributed by atoms with Gasteiger partial charge in [-0.2, -0.15) is 13.2 Å². The van der Waals surface area contributed by atoms with Gasteiger partial charge in [0.25, 0.3) is 0 Å². The summed E-state index contributed by atoms with van der Waals surface area (Å²) in [6.07, 6.45) is -7.25. The number of fused-ring (bicyclic) bond motifs is 1. The van der Waals surface area contributed by atoms with Crippen molar-refractivity contribution in [3.05, 3.63) is 77.6 Å². The molecular formula is C30H23F6N3O6S. The Labute approximate surface area is 257 Å². The van der Waals surface area contributed by atoms with E-state index in [4.69, 9.17) is 10.2 Å². The van der Waals surface area contributed by atoms with Crippen LogP contribution in [0.5, 0.6) is 11.5 Å². The number of allylic oxidation sites excluding steroid dienone is 2. The molecule has 4 aromatic rings. The molecule has 242 valence electrons. The van der Waals surface area contributed by atoms with E-state index in [1.54, 1.807) is 0 Å². The molecule has 1 aromatic heterocycles. The molecule has 0 amide bonds. The zero-order chi connectivity index (χ0) is 33.8. The maximum Gasteiger partial charge on any atom is 0.586 e. The summed E-state index contributed by atoms with van der Waals surface area (Å²) < 4.78 is 121. The summed E-state index contributed by atoms with van der Waals surface area (Å²) in [4.78, 5) is 8.23. The highest BCUT2D eigenvalue weighted by atomic mass is 32.2. The van der Waals surface area contributed by atoms with E-state index in [-0.39, 0.29) is 62.5 Å². The summed E-state index contributed by atoms with van der Waals surface area (Å²) in [7, 11) is -4.00. The number of hydrogen-bond donors (Lipinski definition) is 2. The SMILES string of the molecule is CC(C=C(N)C(F)(F)F)=Nc1ccc(-c2cc(F)c(CO)c(S(C)(=O)=O)c2)cc1-c1nc(C)oc1-c1ccc2c(c1)OC(F)(F)O2. The summed E-state index contributed by atoms with van der Waals surface area (Å²) in [5.41, 5.74) is 3.88. The fourth-order valence-corrected chi connectivity index (χ4v) is 5.64. The van der Waals surface area contributed by atoms with Crippen LogP contribution < -0.4 is 15.2 Å². The molecular weight excluding hydrogens is 644 g/mol. The molecule has 0 fully saturated rings. The lowest BCUT2D eigenvalue weighted by molar-refractivity contribution is -0.286. The van der Waals surface area contributed by atoms with E-state index >= 15 is 4.39 Å². The van der Waals surface area contributed by atoms with Gasteiger partial charge in [0.1, 0.15) is 17.2 Å². The number of halogens is 6. The Hall–Kier alpha value is -4.83. The molecule has 46 heavy (non-hydrogen) atoms. The number of oxazole rings is 1. The standard InChI is InChI=1S/C30H23F6N3O6S/c1-14(8-26(37)29(32,33)34)38-22-6-4-16(18-10-21(31)20(13-40)25(12-18)46(3,41)42)9-19(22)27-28(43-15(2)39-27)17-5-7-23-24(11-17)45-30(35,36)44-23/h4-12,40H,13,37H2,1-3H3. The van der Waals surface area contributed by atoms with Crippen LogP contribution in [-0.4, -0.2) is 42.9 Å². The molecule has 3 N–H and O–H groups in total. The first-order valence-electron chi connectivity index (χ1n) is 13.1. The summed E-state index contributed by atoms with van der Waals surface area (Å²) in [5, 5.41) is 9.60. The van der Waals surface area contributed by atoms with Crippen molar-refractivity contribution in [1.29, 1.82) is 0 Å². The Morgan fingerprint density at radius 2 is 1.72 bits per heavy atom. The average molecular weight is 668 g/mol. The predicted octanol–water partition coefficient (Wildman–Crippen LogP) is 6.84. The zero-order valence-corrected chi connectivity index (χ0v) is 24.9. The molecule has 0 bridgehead atoms. The number of aliphatic hydroxyl groups is 1. The van der Waals surface area contributed by atoms with Crippen molar-refractivity contribution in [3.63, 3.8) is 0 Å². The number of sulfone groups is 1. The predicted molar refractivity (Wildman–Crippen MR) is 154 cm³/mol. The van der Waals surface area contributed by atoms with Crippen molar-refractivity contribution in [2.45, 2.75) is 37.8 Å². The Morgan fingerprint density at radius 1 is 1.04 bits per heavy atom. The first-order valence-corrected chi connectivity index (χ1v) is 15.0. The smallest absolute Gasteiger partial charge is 0.440 e. The Balaban J connectivity index is 1.74. The van der Waals surface area contributed by atoms with Gasteiger partial charge >= 0.3 is 12.5 Å². The molecule has 0 radical (unpaired) electrons. The fraction of sp³-hybridized carbons (Fsp3) is 0.200. The lowest BCUT2D eigenvalue weighted by Gasteiger charge is -2.13. The number of alkyl halides is 5. The third kappa shape index (κ3) is 6.57. The third-order valence-electron chi connectivity index (χ3n) is 6.68. The summed E-state index contributed by atoms with van der Waals surface area (Å²) >= 11 is 0. The van der Waals surface area contributed by atoms with Crippen molar-refractivity contribution in [2.24, 2.45) is 10.7 Å². The topological polar surface area (TPSA) is 137 Å². The first-order chi connectivity index (χ1) is 21.4. The molecule has 0 saturated carbocycles. The van der Waals surface area contributed by atoms with E-state index in [1.165, 1.54) is 50.2 Å². The largest absolute Gasteiger partial charge is 0.586 e. The molecule has 3 aromatic carbocycles. The van der Waals surface area contributed by atoms with E-state index in [9.17, 15) is 35.5 Å². The first kappa shape index (κ1) is 32.6. The van der Waals surface area contributed by atoms with Gasteiger partial charge in [-0.3, -0.25) is 4.99 Å². The molecule has 0 aliphatic carbocycles. The molecule has 0 atom stereocenters. The molecule has 2 heterocycles. The van der Waals surface area contributed by atoms with Crippen LogP contribution in [0, 0.1) is 12.7 Å². The molecule has 5 rings (SSSR count). The van der Waals surface area contributed by atoms with Crippen LogP contribution >= 0.6 is 0 Å². The van der Waals surface area contributed by atoms with Crippen molar-refractivity contribution < 1.29 is 53.8 Å². The maximum atomic E-state index is 15.0. The minimum Gasteiger partial charge on any atom is -0.440 e. The lowest BCUT2D eigenvalue weighted by atomic mass is 9.97. The molecule has 9 nitrogen and oxygen atoms in total. The van der Waals surface area contributed by atoms with E-state index in [1.807, 2.05) is 0 Å². The molecule has 0 spiro atoms. The Morgan fingerprint density at radius 3 is 2.37 bits per heavy atom. The van der Waals surface area contributed by atoms with E-state index < -0.39 is 50.9 Å². The van der Waals surface area contributed by atoms with Crippen molar-refractivity contribution in [3.8, 4) is 45.2 Å². The van der Waals surface area contributed by atoms with Gasteiger partial charge < -0.3 is 24.7 Å². The van der Waals surface area contributed by atoms with Gasteiger partial charge in [-0.25, -0.2) is 17.8 Å². The van der Waals surface area contributed by atoms with Gasteiger partial charge in [-0.15, -0.1) is 8.78 Å². The second kappa shape index (κ2) is 11.5. The van der Waals surface area contributed by atoms with Crippen LogP contribution in [0.15, 0.2) is 74.6 Å². The van der Waals surface area contributed by atoms with Crippen molar-refractivity contribution >= 4 is 21.2 Å². The third-order valence-corrected chi connectivity index (χ3v) is 7.85. The zero-order valence-electron chi connectivity index (χ0n) is 24.0. The highest BCUT2D eigenvalue weighted by Crippen LogP contribution is 2.46. The number of benzene rings is 3. The van der Waals surface area contributed by atoms with Crippen molar-refractivity contribution in [2.75, 3.05) is 6.26 Å².